The first-order chi connectivity index (χ1) is 11.1. The van der Waals surface area contributed by atoms with Crippen molar-refractivity contribution in [2.75, 3.05) is 5.32 Å². The third-order valence-electron chi connectivity index (χ3n) is 4.34. The number of amides is 1. The normalized spacial score (nSPS) is 11.9. The Balaban J connectivity index is 1.65. The predicted molar refractivity (Wildman–Crippen MR) is 90.8 cm³/mol. The summed E-state index contributed by atoms with van der Waals surface area (Å²) in [5.74, 6) is 1.26. The van der Waals surface area contributed by atoms with E-state index in [0.717, 1.165) is 17.9 Å². The summed E-state index contributed by atoms with van der Waals surface area (Å²) in [5, 5.41) is 2.97. The van der Waals surface area contributed by atoms with E-state index in [1.807, 2.05) is 13.0 Å². The fourth-order valence-corrected chi connectivity index (χ4v) is 3.26. The molecule has 3 nitrogen and oxygen atoms in total. The topological polar surface area (TPSA) is 42.2 Å². The molecule has 3 heteroatoms. The second kappa shape index (κ2) is 5.13. The Morgan fingerprint density at radius 1 is 1.00 bits per heavy atom. The van der Waals surface area contributed by atoms with Crippen LogP contribution in [0.2, 0.25) is 0 Å². The van der Waals surface area contributed by atoms with Gasteiger partial charge in [0.15, 0.2) is 0 Å². The Morgan fingerprint density at radius 3 is 2.57 bits per heavy atom. The number of rotatable bonds is 2. The molecule has 2 aromatic carbocycles. The van der Waals surface area contributed by atoms with Crippen LogP contribution >= 0.6 is 0 Å². The van der Waals surface area contributed by atoms with Crippen molar-refractivity contribution in [1.29, 1.82) is 0 Å². The van der Waals surface area contributed by atoms with Crippen molar-refractivity contribution >= 4 is 11.6 Å². The first kappa shape index (κ1) is 13.8. The summed E-state index contributed by atoms with van der Waals surface area (Å²) >= 11 is 0. The average molecular weight is 303 g/mol. The number of nitrogens with one attached hydrogen (secondary N) is 1. The van der Waals surface area contributed by atoms with Crippen molar-refractivity contribution in [1.82, 2.24) is 0 Å². The quantitative estimate of drug-likeness (QED) is 0.582. The summed E-state index contributed by atoms with van der Waals surface area (Å²) in [5.41, 5.74) is 6.51. The molecule has 0 saturated carbocycles. The lowest BCUT2D eigenvalue weighted by Crippen LogP contribution is -2.12. The molecule has 1 heterocycles. The van der Waals surface area contributed by atoms with Gasteiger partial charge >= 0.3 is 0 Å². The molecule has 0 unspecified atom stereocenters. The van der Waals surface area contributed by atoms with Crippen LogP contribution in [-0.2, 0) is 6.42 Å². The molecule has 0 fully saturated rings. The van der Waals surface area contributed by atoms with Crippen molar-refractivity contribution in [2.45, 2.75) is 20.3 Å². The van der Waals surface area contributed by atoms with E-state index in [0.29, 0.717) is 11.3 Å². The number of carbonyl (C=O) groups excluding carboxylic acids is 1. The molecule has 0 bridgehead atoms. The Labute approximate surface area is 135 Å². The summed E-state index contributed by atoms with van der Waals surface area (Å²) in [4.78, 5) is 12.4. The standard InChI is InChI=1S/C20H17NO2/c1-12-9-18(13(2)23-12)20(22)21-16-8-7-15-10-14-5-3-4-6-17(14)19(15)11-16/h3-9,11H,10H2,1-2H3,(H,21,22). The predicted octanol–water partition coefficient (Wildman–Crippen LogP) is 4.72. The SMILES string of the molecule is Cc1cc(C(=O)Nc2ccc3c(c2)-c2ccccc2C3)c(C)o1. The Bertz CT molecular complexity index is 921. The Kier molecular flexibility index (Phi) is 3.08. The second-order valence-electron chi connectivity index (χ2n) is 5.99. The van der Waals surface area contributed by atoms with Crippen molar-refractivity contribution < 1.29 is 9.21 Å². The number of furan rings is 1. The third kappa shape index (κ3) is 2.34. The molecule has 1 aliphatic rings. The van der Waals surface area contributed by atoms with Crippen molar-refractivity contribution in [3.8, 4) is 11.1 Å². The van der Waals surface area contributed by atoms with Crippen molar-refractivity contribution in [3.63, 3.8) is 0 Å². The first-order valence-corrected chi connectivity index (χ1v) is 7.71. The van der Waals surface area contributed by atoms with Gasteiger partial charge in [0.25, 0.3) is 5.91 Å². The van der Waals surface area contributed by atoms with Crippen LogP contribution in [0, 0.1) is 13.8 Å². The molecular weight excluding hydrogens is 286 g/mol. The largest absolute Gasteiger partial charge is 0.466 e. The minimum atomic E-state index is -0.134. The molecular formula is C20H17NO2. The Hall–Kier alpha value is -2.81. The number of anilines is 1. The molecule has 3 aromatic rings. The highest BCUT2D eigenvalue weighted by Gasteiger charge is 2.19. The van der Waals surface area contributed by atoms with Crippen LogP contribution in [0.5, 0.6) is 0 Å². The average Bonchev–Trinajstić information content (AvgIpc) is 3.06. The van der Waals surface area contributed by atoms with Crippen molar-refractivity contribution in [3.05, 3.63) is 76.7 Å². The molecule has 0 atom stereocenters. The van der Waals surface area contributed by atoms with E-state index in [1.54, 1.807) is 13.0 Å². The Morgan fingerprint density at radius 2 is 1.78 bits per heavy atom. The van der Waals surface area contributed by atoms with Crippen LogP contribution in [-0.4, -0.2) is 5.91 Å². The molecule has 0 spiro atoms. The molecule has 23 heavy (non-hydrogen) atoms. The lowest BCUT2D eigenvalue weighted by Gasteiger charge is -2.07. The summed E-state index contributed by atoms with van der Waals surface area (Å²) in [6.07, 6.45) is 0.958. The van der Waals surface area contributed by atoms with Crippen LogP contribution in [0.3, 0.4) is 0 Å². The lowest BCUT2D eigenvalue weighted by molar-refractivity contribution is 0.102. The summed E-state index contributed by atoms with van der Waals surface area (Å²) < 4.78 is 5.43. The van der Waals surface area contributed by atoms with Gasteiger partial charge in [-0.3, -0.25) is 4.79 Å². The molecule has 1 N–H and O–H groups in total. The van der Waals surface area contributed by atoms with Crippen LogP contribution in [0.4, 0.5) is 5.69 Å². The number of carbonyl (C=O) groups is 1. The zero-order chi connectivity index (χ0) is 16.0. The molecule has 0 saturated heterocycles. The highest BCUT2D eigenvalue weighted by molar-refractivity contribution is 6.05. The number of benzene rings is 2. The van der Waals surface area contributed by atoms with Crippen LogP contribution in [0.1, 0.15) is 33.0 Å². The van der Waals surface area contributed by atoms with E-state index < -0.39 is 0 Å². The number of fused-ring (bicyclic) bond motifs is 3. The fourth-order valence-electron chi connectivity index (χ4n) is 3.26. The van der Waals surface area contributed by atoms with Gasteiger partial charge in [-0.05, 0) is 60.7 Å². The second-order valence-corrected chi connectivity index (χ2v) is 5.99. The number of hydrogen-bond acceptors (Lipinski definition) is 2. The maximum absolute atomic E-state index is 12.4. The van der Waals surface area contributed by atoms with E-state index in [4.69, 9.17) is 4.42 Å². The van der Waals surface area contributed by atoms with Gasteiger partial charge in [0.2, 0.25) is 0 Å². The highest BCUT2D eigenvalue weighted by Crippen LogP contribution is 2.37. The fraction of sp³-hybridized carbons (Fsp3) is 0.150. The van der Waals surface area contributed by atoms with Gasteiger partial charge in [0.05, 0.1) is 5.56 Å². The van der Waals surface area contributed by atoms with E-state index in [-0.39, 0.29) is 5.91 Å². The van der Waals surface area contributed by atoms with Crippen molar-refractivity contribution in [2.24, 2.45) is 0 Å². The molecule has 0 aliphatic heterocycles. The van der Waals surface area contributed by atoms with E-state index in [9.17, 15) is 4.79 Å². The van der Waals surface area contributed by atoms with Crippen LogP contribution in [0.25, 0.3) is 11.1 Å². The number of hydrogen-bond donors (Lipinski definition) is 1. The maximum atomic E-state index is 12.4. The van der Waals surface area contributed by atoms with Crippen LogP contribution in [0.15, 0.2) is 52.9 Å². The summed E-state index contributed by atoms with van der Waals surface area (Å²) in [6.45, 7) is 3.65. The zero-order valence-corrected chi connectivity index (χ0v) is 13.1. The van der Waals surface area contributed by atoms with E-state index in [1.165, 1.54) is 22.3 Å². The molecule has 0 radical (unpaired) electrons. The first-order valence-electron chi connectivity index (χ1n) is 7.71. The number of aryl methyl sites for hydroxylation is 2. The van der Waals surface area contributed by atoms with Gasteiger partial charge in [-0.25, -0.2) is 0 Å². The molecule has 114 valence electrons. The summed E-state index contributed by atoms with van der Waals surface area (Å²) in [7, 11) is 0. The van der Waals surface area contributed by atoms with Gasteiger partial charge in [-0.1, -0.05) is 30.3 Å². The smallest absolute Gasteiger partial charge is 0.259 e. The van der Waals surface area contributed by atoms with Crippen LogP contribution < -0.4 is 5.32 Å². The van der Waals surface area contributed by atoms with Gasteiger partial charge in [-0.15, -0.1) is 0 Å². The molecule has 4 rings (SSSR count). The maximum Gasteiger partial charge on any atom is 0.259 e. The highest BCUT2D eigenvalue weighted by atomic mass is 16.3. The van der Waals surface area contributed by atoms with Gasteiger partial charge in [0.1, 0.15) is 11.5 Å². The third-order valence-corrected chi connectivity index (χ3v) is 4.34. The molecule has 1 aromatic heterocycles. The molecule has 1 aliphatic carbocycles. The van der Waals surface area contributed by atoms with Gasteiger partial charge in [-0.2, -0.15) is 0 Å². The zero-order valence-electron chi connectivity index (χ0n) is 13.1. The monoisotopic (exact) mass is 303 g/mol. The van der Waals surface area contributed by atoms with Gasteiger partial charge < -0.3 is 9.73 Å². The minimum absolute atomic E-state index is 0.134. The minimum Gasteiger partial charge on any atom is -0.466 e. The van der Waals surface area contributed by atoms with Gasteiger partial charge in [0, 0.05) is 5.69 Å². The summed E-state index contributed by atoms with van der Waals surface area (Å²) in [6, 6.07) is 16.3. The van der Waals surface area contributed by atoms with E-state index in [2.05, 4.69) is 41.7 Å². The molecule has 1 amide bonds. The van der Waals surface area contributed by atoms with E-state index >= 15 is 0 Å². The lowest BCUT2D eigenvalue weighted by atomic mass is 10.1.